The number of imide groups is 3. The van der Waals surface area contributed by atoms with Gasteiger partial charge in [0, 0.05) is 80.4 Å². The number of fused-ring (bicyclic) bond motifs is 6. The number of ether oxygens (including phenoxy) is 2. The van der Waals surface area contributed by atoms with Gasteiger partial charge >= 0.3 is 11.9 Å². The van der Waals surface area contributed by atoms with Crippen LogP contribution in [0.25, 0.3) is 131 Å². The van der Waals surface area contributed by atoms with Crippen LogP contribution in [0.5, 0.6) is 0 Å². The van der Waals surface area contributed by atoms with Crippen molar-refractivity contribution in [1.82, 2.24) is 9.80 Å². The lowest BCUT2D eigenvalue weighted by Crippen LogP contribution is -2.43. The van der Waals surface area contributed by atoms with E-state index in [1.807, 2.05) is 72.8 Å². The molecule has 0 N–H and O–H groups in total. The summed E-state index contributed by atoms with van der Waals surface area (Å²) in [4.78, 5) is 110. The molecular formula is C103H83N3O10. The van der Waals surface area contributed by atoms with E-state index in [9.17, 15) is 38.4 Å². The summed E-state index contributed by atoms with van der Waals surface area (Å²) in [5.41, 5.74) is 15.6. The van der Waals surface area contributed by atoms with Crippen LogP contribution >= 0.6 is 0 Å². The lowest BCUT2D eigenvalue weighted by molar-refractivity contribution is -0.139. The van der Waals surface area contributed by atoms with Crippen LogP contribution in [0.15, 0.2) is 244 Å². The number of allylic oxidation sites excluding steroid dienone is 1. The van der Waals surface area contributed by atoms with E-state index in [0.717, 1.165) is 135 Å². The van der Waals surface area contributed by atoms with Gasteiger partial charge in [-0.2, -0.15) is 0 Å². The quantitative estimate of drug-likeness (QED) is 0.0190. The molecular weight excluding hydrogens is 1440 g/mol. The second kappa shape index (κ2) is 29.5. The van der Waals surface area contributed by atoms with E-state index in [1.54, 1.807) is 6.92 Å². The Labute approximate surface area is 671 Å². The normalized spacial score (nSPS) is 14.6. The molecule has 2 aliphatic carbocycles. The zero-order valence-corrected chi connectivity index (χ0v) is 65.4. The molecule has 13 heteroatoms. The summed E-state index contributed by atoms with van der Waals surface area (Å²) in [5, 5.41) is 19.5. The molecule has 0 spiro atoms. The fourth-order valence-corrected chi connectivity index (χ4v) is 18.9. The molecule has 0 saturated heterocycles. The van der Waals surface area contributed by atoms with Gasteiger partial charge in [0.15, 0.2) is 0 Å². The minimum Gasteiger partial charge on any atom is -0.463 e. The second-order valence-corrected chi connectivity index (χ2v) is 31.6. The Morgan fingerprint density at radius 3 is 1.42 bits per heavy atom. The third-order valence-corrected chi connectivity index (χ3v) is 24.3. The van der Waals surface area contributed by atoms with Crippen molar-refractivity contribution >= 4 is 162 Å². The first kappa shape index (κ1) is 73.9. The van der Waals surface area contributed by atoms with Crippen LogP contribution in [0, 0.1) is 0 Å². The molecule has 5 aliphatic rings. The highest BCUT2D eigenvalue weighted by Gasteiger charge is 2.44. The van der Waals surface area contributed by atoms with Crippen molar-refractivity contribution in [2.45, 2.75) is 97.3 Å². The molecule has 0 aromatic heterocycles. The van der Waals surface area contributed by atoms with Gasteiger partial charge in [0.05, 0.1) is 18.9 Å². The van der Waals surface area contributed by atoms with Crippen molar-refractivity contribution in [2.24, 2.45) is 0 Å². The van der Waals surface area contributed by atoms with Gasteiger partial charge in [-0.1, -0.05) is 236 Å². The Kier molecular flexibility index (Phi) is 18.8. The first-order valence-corrected chi connectivity index (χ1v) is 40.1. The highest BCUT2D eigenvalue weighted by atomic mass is 16.5. The zero-order chi connectivity index (χ0) is 80.2. The van der Waals surface area contributed by atoms with Crippen LogP contribution in [0.4, 0.5) is 5.69 Å². The molecule has 3 aliphatic heterocycles. The topological polar surface area (TPSA) is 165 Å². The maximum absolute atomic E-state index is 14.5. The minimum absolute atomic E-state index is 0.145. The number of amides is 6. The highest BCUT2D eigenvalue weighted by molar-refractivity contribution is 6.44. The van der Waals surface area contributed by atoms with Crippen molar-refractivity contribution in [3.05, 3.63) is 305 Å². The van der Waals surface area contributed by atoms with Gasteiger partial charge in [-0.25, -0.2) is 14.5 Å². The van der Waals surface area contributed by atoms with Gasteiger partial charge in [0.25, 0.3) is 35.4 Å². The van der Waals surface area contributed by atoms with Crippen molar-refractivity contribution in [2.75, 3.05) is 31.2 Å². The molecule has 1 atom stereocenters. The van der Waals surface area contributed by atoms with Crippen LogP contribution in [0.1, 0.15) is 182 Å². The zero-order valence-electron chi connectivity index (χ0n) is 65.4. The molecule has 116 heavy (non-hydrogen) atoms. The number of rotatable bonds is 19. The Morgan fingerprint density at radius 2 is 0.871 bits per heavy atom. The Bertz CT molecular complexity index is 6650. The van der Waals surface area contributed by atoms with E-state index >= 15 is 0 Å². The number of hydrogen-bond acceptors (Lipinski definition) is 10. The molecule has 15 aromatic rings. The number of carbonyl (C=O) groups is 8. The summed E-state index contributed by atoms with van der Waals surface area (Å²) < 4.78 is 10.1. The van der Waals surface area contributed by atoms with Gasteiger partial charge in [0.1, 0.15) is 0 Å². The first-order valence-electron chi connectivity index (χ1n) is 40.1. The average Bonchev–Trinajstić information content (AvgIpc) is 0.731. The molecule has 0 bridgehead atoms. The Hall–Kier alpha value is -13.5. The molecule has 15 aromatic carbocycles. The van der Waals surface area contributed by atoms with Crippen molar-refractivity contribution in [3.63, 3.8) is 0 Å². The van der Waals surface area contributed by atoms with Crippen molar-refractivity contribution in [1.29, 1.82) is 0 Å². The number of esters is 2. The summed E-state index contributed by atoms with van der Waals surface area (Å²) in [6, 6.07) is 70.6. The molecule has 1 unspecified atom stereocenters. The third kappa shape index (κ3) is 11.9. The summed E-state index contributed by atoms with van der Waals surface area (Å²) in [7, 11) is 0. The van der Waals surface area contributed by atoms with E-state index in [1.165, 1.54) is 63.7 Å². The van der Waals surface area contributed by atoms with Crippen LogP contribution < -0.4 is 4.90 Å². The van der Waals surface area contributed by atoms with E-state index in [4.69, 9.17) is 9.47 Å². The predicted molar refractivity (Wildman–Crippen MR) is 466 cm³/mol. The summed E-state index contributed by atoms with van der Waals surface area (Å²) >= 11 is 0. The van der Waals surface area contributed by atoms with Gasteiger partial charge in [0.2, 0.25) is 0 Å². The number of anilines is 1. The lowest BCUT2D eigenvalue weighted by atomic mass is 9.68. The molecule has 0 fully saturated rings. The fraction of sp³-hybridized carbons (Fsp3) is 0.184. The lowest BCUT2D eigenvalue weighted by Gasteiger charge is -2.38. The van der Waals surface area contributed by atoms with E-state index in [-0.39, 0.29) is 53.2 Å². The maximum Gasteiger partial charge on any atom is 0.333 e. The summed E-state index contributed by atoms with van der Waals surface area (Å²) in [5.74, 6) is -1.82. The maximum atomic E-state index is 14.5. The molecule has 0 radical (unpaired) electrons. The van der Waals surface area contributed by atoms with E-state index in [0.29, 0.717) is 91.0 Å². The van der Waals surface area contributed by atoms with Gasteiger partial charge < -0.3 is 9.47 Å². The first-order chi connectivity index (χ1) is 56.4. The van der Waals surface area contributed by atoms with Crippen molar-refractivity contribution in [3.8, 4) is 22.3 Å². The SMILES string of the molecule is C=C(C)C(=O)OCCCCCN1C(=O)C2=CCC3c4c(ccc(c42)C1=O)-c1cccc2cccc3c12.C=CC(=O)OCCCCCN1C(=O)c2ccc3c4cccc5cccc(c6ccc(c2c36)C1=O)c54.C=Cc1ccc(-c2ccc3c4ccc5c6c(ccc(c7cccc2c73)c64)C(=O)N(c2c(C(C)C)cccc2C(C)C)C5=O)cc1. The van der Waals surface area contributed by atoms with Crippen molar-refractivity contribution < 1.29 is 47.8 Å². The van der Waals surface area contributed by atoms with E-state index < -0.39 is 11.9 Å². The number of benzene rings is 15. The summed E-state index contributed by atoms with van der Waals surface area (Å²) in [6.07, 6.45) is 9.91. The number of carbonyl (C=O) groups excluding carboxylic acids is 8. The average molecular weight is 1520 g/mol. The smallest absolute Gasteiger partial charge is 0.333 e. The summed E-state index contributed by atoms with van der Waals surface area (Å²) in [6.45, 7) is 22.2. The largest absolute Gasteiger partial charge is 0.463 e. The van der Waals surface area contributed by atoms with Gasteiger partial charge in [-0.3, -0.25) is 38.6 Å². The Morgan fingerprint density at radius 1 is 0.422 bits per heavy atom. The highest BCUT2D eigenvalue weighted by Crippen LogP contribution is 2.55. The van der Waals surface area contributed by atoms with Gasteiger partial charge in [-0.15, -0.1) is 0 Å². The minimum atomic E-state index is -0.443. The Balaban J connectivity index is 0.000000122. The van der Waals surface area contributed by atoms with Crippen LogP contribution in [-0.4, -0.2) is 83.5 Å². The number of hydrogen-bond donors (Lipinski definition) is 0. The van der Waals surface area contributed by atoms with Crippen LogP contribution in [0.2, 0.25) is 0 Å². The van der Waals surface area contributed by atoms with Gasteiger partial charge in [-0.05, 0) is 230 Å². The number of para-hydroxylation sites is 1. The second-order valence-electron chi connectivity index (χ2n) is 31.6. The fourth-order valence-electron chi connectivity index (χ4n) is 18.9. The molecule has 6 amide bonds. The van der Waals surface area contributed by atoms with E-state index in [2.05, 4.69) is 193 Å². The third-order valence-electron chi connectivity index (χ3n) is 24.3. The molecule has 0 saturated carbocycles. The van der Waals surface area contributed by atoms with Crippen LogP contribution in [0.3, 0.4) is 0 Å². The van der Waals surface area contributed by atoms with Crippen LogP contribution in [-0.2, 0) is 23.9 Å². The number of nitrogens with zero attached hydrogens (tertiary/aromatic N) is 3. The molecule has 20 rings (SSSR count). The predicted octanol–water partition coefficient (Wildman–Crippen LogP) is 23.3. The standard InChI is InChI=1S/C42H33NO2.C31H27NO4.C30H23NO4/c1-6-25-13-15-26(16-14-25)29-17-18-32-34-20-22-36-39-35(21-19-33(38(34)39)31-12-8-11-30(29)37(31)32)41(44)43(42(36)45)40-27(23(2)3)9-7-10-28(40)24(4)5;1-18(2)31(35)36-17-5-3-4-16-32-29(33)24-14-12-22-20-10-6-8-19-9-7-11-21(26(19)20)23-13-15-25(30(32)34)28(24)27(22)23;1-2-25(32)35-17-5-3-4-16-31-29(33)23-14-12-21-19-10-6-8-18-9-7-11-20(26(18)19)22-13-15-24(30(31)34)28(23)27(21)22/h6-24H,1H2,2-5H3;6-12,14-15,23H,1,3-5,13,16-17H2,2H3;2,6-15H,1,3-5,16-17H2. The molecule has 570 valence electrons. The monoisotopic (exact) mass is 1520 g/mol. The molecule has 3 heterocycles. The molecule has 13 nitrogen and oxygen atoms in total. The number of unbranched alkanes of at least 4 members (excludes halogenated alkanes) is 4.